The zero-order chi connectivity index (χ0) is 24.0. The van der Waals surface area contributed by atoms with E-state index in [2.05, 4.69) is 25.5 Å². The van der Waals surface area contributed by atoms with Crippen LogP contribution in [-0.2, 0) is 0 Å². The van der Waals surface area contributed by atoms with E-state index in [1.54, 1.807) is 23.7 Å². The number of carbonyl (C=O) groups excluding carboxylic acids is 1. The van der Waals surface area contributed by atoms with Gasteiger partial charge >= 0.3 is 0 Å². The number of nitrogens with zero attached hydrogens (tertiary/aromatic N) is 5. The van der Waals surface area contributed by atoms with Crippen LogP contribution in [0.4, 0.5) is 5.82 Å². The fourth-order valence-electron chi connectivity index (χ4n) is 3.49. The van der Waals surface area contributed by atoms with Gasteiger partial charge in [0.05, 0.1) is 28.2 Å². The number of aryl methyl sites for hydroxylation is 2. The van der Waals surface area contributed by atoms with Gasteiger partial charge in [0.25, 0.3) is 11.5 Å². The van der Waals surface area contributed by atoms with Gasteiger partial charge in [-0.1, -0.05) is 40.9 Å². The highest BCUT2D eigenvalue weighted by molar-refractivity contribution is 6.37. The molecule has 0 aliphatic carbocycles. The molecule has 0 atom stereocenters. The summed E-state index contributed by atoms with van der Waals surface area (Å²) < 4.78 is 2.93. The lowest BCUT2D eigenvalue weighted by molar-refractivity contribution is 0.102. The van der Waals surface area contributed by atoms with Crippen LogP contribution in [0.1, 0.15) is 21.6 Å². The molecule has 2 aromatic carbocycles. The summed E-state index contributed by atoms with van der Waals surface area (Å²) in [4.78, 5) is 33.0. The number of aromatic nitrogens is 6. The molecule has 0 aliphatic heterocycles. The first-order chi connectivity index (χ1) is 16.3. The molecule has 1 amide bonds. The van der Waals surface area contributed by atoms with E-state index in [-0.39, 0.29) is 22.1 Å². The number of hydrogen-bond donors (Lipinski definition) is 2. The number of hydrogen-bond acceptors (Lipinski definition) is 5. The predicted molar refractivity (Wildman–Crippen MR) is 130 cm³/mol. The Hall–Kier alpha value is -3.95. The van der Waals surface area contributed by atoms with E-state index in [9.17, 15) is 9.59 Å². The normalized spacial score (nSPS) is 11.2. The molecule has 0 fully saturated rings. The fraction of sp³-hybridized carbons (Fsp3) is 0.0870. The Morgan fingerprint density at radius 2 is 1.79 bits per heavy atom. The van der Waals surface area contributed by atoms with Crippen LogP contribution in [0.25, 0.3) is 22.7 Å². The van der Waals surface area contributed by atoms with Crippen LogP contribution in [0.2, 0.25) is 10.0 Å². The molecule has 3 heterocycles. The Morgan fingerprint density at radius 1 is 1.03 bits per heavy atom. The molecule has 0 radical (unpaired) electrons. The number of H-pyrrole nitrogens is 1. The van der Waals surface area contributed by atoms with Crippen LogP contribution < -0.4 is 10.9 Å². The Morgan fingerprint density at radius 3 is 2.53 bits per heavy atom. The minimum atomic E-state index is -0.462. The highest BCUT2D eigenvalue weighted by Crippen LogP contribution is 2.23. The summed E-state index contributed by atoms with van der Waals surface area (Å²) >= 11 is 12.1. The third kappa shape index (κ3) is 3.95. The molecule has 0 aliphatic rings. The van der Waals surface area contributed by atoms with Crippen molar-refractivity contribution >= 4 is 46.0 Å². The zero-order valence-electron chi connectivity index (χ0n) is 18.0. The molecule has 5 rings (SSSR count). The van der Waals surface area contributed by atoms with Crippen molar-refractivity contribution in [1.82, 2.24) is 29.5 Å². The Bertz CT molecular complexity index is 1620. The number of amides is 1. The van der Waals surface area contributed by atoms with Crippen molar-refractivity contribution in [2.75, 3.05) is 5.32 Å². The first kappa shape index (κ1) is 21.9. The molecule has 3 aromatic heterocycles. The smallest absolute Gasteiger partial charge is 0.263 e. The van der Waals surface area contributed by atoms with Crippen molar-refractivity contribution in [3.05, 3.63) is 91.9 Å². The van der Waals surface area contributed by atoms with Gasteiger partial charge in [0.15, 0.2) is 5.65 Å². The molecule has 170 valence electrons. The molecule has 0 spiro atoms. The first-order valence-corrected chi connectivity index (χ1v) is 10.9. The van der Waals surface area contributed by atoms with Crippen LogP contribution in [0.5, 0.6) is 0 Å². The van der Waals surface area contributed by atoms with Crippen molar-refractivity contribution in [3.63, 3.8) is 0 Å². The number of nitrogens with one attached hydrogen (secondary N) is 2. The number of benzene rings is 2. The van der Waals surface area contributed by atoms with E-state index in [4.69, 9.17) is 23.2 Å². The van der Waals surface area contributed by atoms with Gasteiger partial charge in [0.2, 0.25) is 5.95 Å². The Labute approximate surface area is 203 Å². The molecule has 0 unspecified atom stereocenters. The zero-order valence-corrected chi connectivity index (χ0v) is 19.5. The lowest BCUT2D eigenvalue weighted by Gasteiger charge is -2.10. The second-order valence-corrected chi connectivity index (χ2v) is 8.52. The van der Waals surface area contributed by atoms with Gasteiger partial charge < -0.3 is 5.32 Å². The van der Waals surface area contributed by atoms with Crippen LogP contribution in [0.15, 0.2) is 59.5 Å². The third-order valence-corrected chi connectivity index (χ3v) is 5.70. The monoisotopic (exact) mass is 493 g/mol. The average Bonchev–Trinajstić information content (AvgIpc) is 3.38. The summed E-state index contributed by atoms with van der Waals surface area (Å²) in [7, 11) is 0. The molecule has 0 saturated heterocycles. The maximum Gasteiger partial charge on any atom is 0.263 e. The van der Waals surface area contributed by atoms with E-state index in [1.807, 2.05) is 31.2 Å². The van der Waals surface area contributed by atoms with E-state index >= 15 is 0 Å². The standard InChI is InChI=1S/C23H17Cl2N7O2/c1-12-3-6-15(7-4-12)31-20-17(11-26-31)22(34)29-23(28-20)32-19(9-13(2)30-32)27-21(33)16-8-5-14(24)10-18(16)25/h3-11H,1-2H3,(H,27,33)(H,28,29,34). The molecule has 0 saturated carbocycles. The first-order valence-electron chi connectivity index (χ1n) is 10.2. The molecule has 2 N–H and O–H groups in total. The van der Waals surface area contributed by atoms with Crippen LogP contribution >= 0.6 is 23.2 Å². The predicted octanol–water partition coefficient (Wildman–Crippen LogP) is 4.47. The van der Waals surface area contributed by atoms with Crippen molar-refractivity contribution < 1.29 is 4.79 Å². The molecular weight excluding hydrogens is 477 g/mol. The summed E-state index contributed by atoms with van der Waals surface area (Å²) in [6, 6.07) is 13.9. The van der Waals surface area contributed by atoms with Gasteiger partial charge in [-0.05, 0) is 44.2 Å². The van der Waals surface area contributed by atoms with E-state index in [0.29, 0.717) is 27.6 Å². The van der Waals surface area contributed by atoms with Crippen molar-refractivity contribution in [2.45, 2.75) is 13.8 Å². The molecule has 5 aromatic rings. The highest BCUT2D eigenvalue weighted by atomic mass is 35.5. The van der Waals surface area contributed by atoms with E-state index in [0.717, 1.165) is 11.3 Å². The SMILES string of the molecule is Cc1ccc(-n2ncc3c(=O)[nH]c(-n4nc(C)cc4NC(=O)c4ccc(Cl)cc4Cl)nc32)cc1. The molecule has 0 bridgehead atoms. The molecule has 11 heteroatoms. The summed E-state index contributed by atoms with van der Waals surface area (Å²) in [5, 5.41) is 12.5. The van der Waals surface area contributed by atoms with Gasteiger partial charge in [-0.25, -0.2) is 4.68 Å². The Kier molecular flexibility index (Phi) is 5.43. The maximum atomic E-state index is 12.9. The third-order valence-electron chi connectivity index (χ3n) is 5.15. The number of fused-ring (bicyclic) bond motifs is 1. The lowest BCUT2D eigenvalue weighted by Crippen LogP contribution is -2.19. The summed E-state index contributed by atoms with van der Waals surface area (Å²) in [6.45, 7) is 3.74. The van der Waals surface area contributed by atoms with Crippen molar-refractivity contribution in [2.24, 2.45) is 0 Å². The van der Waals surface area contributed by atoms with Gasteiger partial charge in [0.1, 0.15) is 11.2 Å². The number of rotatable bonds is 4. The average molecular weight is 494 g/mol. The lowest BCUT2D eigenvalue weighted by atomic mass is 10.2. The van der Waals surface area contributed by atoms with Gasteiger partial charge in [-0.15, -0.1) is 0 Å². The molecule has 34 heavy (non-hydrogen) atoms. The molecule has 9 nitrogen and oxygen atoms in total. The topological polar surface area (TPSA) is 110 Å². The van der Waals surface area contributed by atoms with E-state index < -0.39 is 5.91 Å². The minimum absolute atomic E-state index is 0.122. The van der Waals surface area contributed by atoms with Crippen molar-refractivity contribution in [1.29, 1.82) is 0 Å². The summed E-state index contributed by atoms with van der Waals surface area (Å²) in [5.74, 6) is -0.0367. The van der Waals surface area contributed by atoms with Gasteiger partial charge in [-0.3, -0.25) is 14.6 Å². The van der Waals surface area contributed by atoms with Gasteiger partial charge in [0, 0.05) is 11.1 Å². The second-order valence-electron chi connectivity index (χ2n) is 7.68. The second kappa shape index (κ2) is 8.44. The summed E-state index contributed by atoms with van der Waals surface area (Å²) in [6.07, 6.45) is 1.46. The van der Waals surface area contributed by atoms with Gasteiger partial charge in [-0.2, -0.15) is 19.9 Å². The number of carbonyl (C=O) groups is 1. The fourth-order valence-corrected chi connectivity index (χ4v) is 3.98. The highest BCUT2D eigenvalue weighted by Gasteiger charge is 2.18. The van der Waals surface area contributed by atoms with Crippen LogP contribution in [0, 0.1) is 13.8 Å². The number of aromatic amines is 1. The van der Waals surface area contributed by atoms with Crippen LogP contribution in [0.3, 0.4) is 0 Å². The Balaban J connectivity index is 1.58. The maximum absolute atomic E-state index is 12.9. The van der Waals surface area contributed by atoms with Crippen molar-refractivity contribution in [3.8, 4) is 11.6 Å². The molecular formula is C23H17Cl2N7O2. The quantitative estimate of drug-likeness (QED) is 0.383. The van der Waals surface area contributed by atoms with Crippen LogP contribution in [-0.4, -0.2) is 35.4 Å². The minimum Gasteiger partial charge on any atom is -0.306 e. The largest absolute Gasteiger partial charge is 0.306 e. The number of anilines is 1. The number of halogens is 2. The van der Waals surface area contributed by atoms with E-state index in [1.165, 1.54) is 23.0 Å². The summed E-state index contributed by atoms with van der Waals surface area (Å²) in [5.41, 5.74) is 2.67.